The number of carbonyl (C=O) groups excluding carboxylic acids is 2. The van der Waals surface area contributed by atoms with Crippen LogP contribution in [0.4, 0.5) is 0 Å². The van der Waals surface area contributed by atoms with Gasteiger partial charge in [-0.2, -0.15) is 8.42 Å². The second kappa shape index (κ2) is 12.2. The first-order valence-electron chi connectivity index (χ1n) is 10.2. The normalized spacial score (nSPS) is 13.2. The molecule has 0 radical (unpaired) electrons. The SMILES string of the molecule is O=C(Oc1cc(I)c(S(=O)(=O)O)c(I)c1)C1=C(C(=O)Oc2c(I)cc(I)cc2I)Cc2ccccc2C1. The number of carbonyl (C=O) groups is 2. The van der Waals surface area contributed by atoms with Crippen LogP contribution < -0.4 is 9.47 Å². The third-order valence-corrected chi connectivity index (χ3v) is 10.9. The molecule has 0 saturated heterocycles. The van der Waals surface area contributed by atoms with Crippen molar-refractivity contribution in [1.82, 2.24) is 0 Å². The average Bonchev–Trinajstić information content (AvgIpc) is 2.79. The third-order valence-electron chi connectivity index (χ3n) is 5.31. The summed E-state index contributed by atoms with van der Waals surface area (Å²) in [5.74, 6) is -0.855. The van der Waals surface area contributed by atoms with Crippen LogP contribution in [0.3, 0.4) is 0 Å². The molecule has 1 aliphatic carbocycles. The van der Waals surface area contributed by atoms with Crippen LogP contribution in [0.25, 0.3) is 0 Å². The number of rotatable bonds is 5. The van der Waals surface area contributed by atoms with Gasteiger partial charge in [0.1, 0.15) is 10.6 Å². The smallest absolute Gasteiger partial charge is 0.340 e. The maximum atomic E-state index is 13.4. The Morgan fingerprint density at radius 2 is 1.19 bits per heavy atom. The van der Waals surface area contributed by atoms with Crippen molar-refractivity contribution >= 4 is 135 Å². The number of ether oxygens (including phenoxy) is 2. The van der Waals surface area contributed by atoms with Gasteiger partial charge in [0.25, 0.3) is 10.1 Å². The van der Waals surface area contributed by atoms with Gasteiger partial charge in [-0.05, 0) is 148 Å². The van der Waals surface area contributed by atoms with Gasteiger partial charge in [-0.15, -0.1) is 0 Å². The fourth-order valence-corrected chi connectivity index (χ4v) is 11.5. The van der Waals surface area contributed by atoms with E-state index in [9.17, 15) is 22.6 Å². The summed E-state index contributed by atoms with van der Waals surface area (Å²) in [6.07, 6.45) is 0.380. The predicted molar refractivity (Wildman–Crippen MR) is 178 cm³/mol. The van der Waals surface area contributed by atoms with Crippen LogP contribution in [-0.4, -0.2) is 24.9 Å². The summed E-state index contributed by atoms with van der Waals surface area (Å²) in [6, 6.07) is 14.0. The molecule has 0 amide bonds. The van der Waals surface area contributed by atoms with E-state index in [0.29, 0.717) is 5.75 Å². The maximum Gasteiger partial charge on any atom is 0.340 e. The minimum Gasteiger partial charge on any atom is -0.423 e. The molecule has 0 bridgehead atoms. The molecular formula is C24H13I5O7S. The van der Waals surface area contributed by atoms with Crippen LogP contribution in [0.1, 0.15) is 11.1 Å². The summed E-state index contributed by atoms with van der Waals surface area (Å²) in [7, 11) is -4.45. The number of esters is 2. The second-order valence-electron chi connectivity index (χ2n) is 7.75. The van der Waals surface area contributed by atoms with E-state index in [2.05, 4.69) is 67.8 Å². The van der Waals surface area contributed by atoms with E-state index in [1.165, 1.54) is 12.1 Å². The van der Waals surface area contributed by atoms with Crippen LogP contribution in [0.15, 0.2) is 64.6 Å². The van der Waals surface area contributed by atoms with Crippen molar-refractivity contribution in [1.29, 1.82) is 0 Å². The Bertz CT molecular complexity index is 1550. The zero-order chi connectivity index (χ0) is 27.1. The van der Waals surface area contributed by atoms with E-state index in [1.54, 1.807) is 45.2 Å². The van der Waals surface area contributed by atoms with Crippen molar-refractivity contribution in [3.8, 4) is 11.5 Å². The van der Waals surface area contributed by atoms with E-state index >= 15 is 0 Å². The summed E-state index contributed by atoms with van der Waals surface area (Å²) < 4.78 is 47.2. The van der Waals surface area contributed by atoms with Gasteiger partial charge < -0.3 is 9.47 Å². The lowest BCUT2D eigenvalue weighted by molar-refractivity contribution is -0.133. The van der Waals surface area contributed by atoms with Crippen LogP contribution >= 0.6 is 113 Å². The standard InChI is InChI=1S/C24H13I5O7S/c25-13-7-17(26)21(18(27)8-13)36-24(31)16-6-12-4-2-1-3-11(12)5-15(16)23(30)35-14-9-19(28)22(20(29)10-14)37(32,33)34/h1-4,7-10H,5-6H2,(H,32,33,34). The highest BCUT2D eigenvalue weighted by molar-refractivity contribution is 14.1. The van der Waals surface area contributed by atoms with Crippen molar-refractivity contribution in [3.05, 3.63) is 88.7 Å². The second-order valence-corrected chi connectivity index (χ2v) is 15.0. The zero-order valence-corrected chi connectivity index (χ0v) is 29.8. The fourth-order valence-electron chi connectivity index (χ4n) is 3.68. The van der Waals surface area contributed by atoms with Crippen LogP contribution in [0.2, 0.25) is 0 Å². The first kappa shape index (κ1) is 29.9. The number of hydrogen-bond donors (Lipinski definition) is 1. The summed E-state index contributed by atoms with van der Waals surface area (Å²) in [6.45, 7) is 0. The van der Waals surface area contributed by atoms with Gasteiger partial charge in [0.05, 0.1) is 18.3 Å². The molecule has 3 aromatic rings. The van der Waals surface area contributed by atoms with Crippen LogP contribution in [0, 0.1) is 17.9 Å². The van der Waals surface area contributed by atoms with E-state index in [4.69, 9.17) is 9.47 Å². The Balaban J connectivity index is 1.71. The van der Waals surface area contributed by atoms with Crippen LogP contribution in [0.5, 0.6) is 11.5 Å². The van der Waals surface area contributed by atoms with Crippen molar-refractivity contribution in [2.45, 2.75) is 17.7 Å². The molecule has 0 heterocycles. The van der Waals surface area contributed by atoms with Gasteiger partial charge in [0.2, 0.25) is 0 Å². The summed E-state index contributed by atoms with van der Waals surface area (Å²) in [5.41, 5.74) is 2.19. The molecule has 192 valence electrons. The minimum atomic E-state index is -4.45. The molecular weight excluding hydrogens is 1070 g/mol. The molecule has 13 heteroatoms. The molecule has 0 unspecified atom stereocenters. The van der Waals surface area contributed by atoms with Gasteiger partial charge >= 0.3 is 11.9 Å². The van der Waals surface area contributed by atoms with Crippen molar-refractivity contribution in [2.75, 3.05) is 0 Å². The Kier molecular flexibility index (Phi) is 9.84. The molecule has 0 atom stereocenters. The monoisotopic (exact) mass is 1080 g/mol. The number of hydrogen-bond acceptors (Lipinski definition) is 6. The summed E-state index contributed by atoms with van der Waals surface area (Å²) in [4.78, 5) is 26.5. The van der Waals surface area contributed by atoms with Gasteiger partial charge in [-0.1, -0.05) is 24.3 Å². The molecule has 4 rings (SSSR count). The maximum absolute atomic E-state index is 13.4. The molecule has 0 aliphatic heterocycles. The topological polar surface area (TPSA) is 107 Å². The van der Waals surface area contributed by atoms with Gasteiger partial charge in [0.15, 0.2) is 5.75 Å². The highest BCUT2D eigenvalue weighted by atomic mass is 127. The van der Waals surface area contributed by atoms with E-state index < -0.39 is 22.1 Å². The highest BCUT2D eigenvalue weighted by Gasteiger charge is 2.31. The molecule has 3 aromatic carbocycles. The summed E-state index contributed by atoms with van der Waals surface area (Å²) >= 11 is 9.90. The van der Waals surface area contributed by atoms with E-state index in [0.717, 1.165) is 21.8 Å². The molecule has 7 nitrogen and oxygen atoms in total. The fraction of sp³-hybridized carbons (Fsp3) is 0.0833. The lowest BCUT2D eigenvalue weighted by Crippen LogP contribution is -2.26. The number of benzene rings is 3. The van der Waals surface area contributed by atoms with Crippen molar-refractivity contribution in [3.63, 3.8) is 0 Å². The molecule has 0 saturated carbocycles. The first-order valence-corrected chi connectivity index (χ1v) is 17.0. The average molecular weight is 1080 g/mol. The quantitative estimate of drug-likeness (QED) is 0.134. The number of halogens is 5. The molecule has 0 fully saturated rings. The molecule has 0 spiro atoms. The lowest BCUT2D eigenvalue weighted by Gasteiger charge is -2.22. The molecule has 37 heavy (non-hydrogen) atoms. The zero-order valence-electron chi connectivity index (χ0n) is 18.2. The van der Waals surface area contributed by atoms with Crippen LogP contribution in [-0.2, 0) is 32.5 Å². The minimum absolute atomic E-state index is 0.0898. The Hall–Kier alpha value is -0.100. The van der Waals surface area contributed by atoms with E-state index in [-0.39, 0.29) is 41.8 Å². The van der Waals surface area contributed by atoms with E-state index in [1.807, 2.05) is 36.4 Å². The molecule has 0 aromatic heterocycles. The summed E-state index contributed by atoms with van der Waals surface area (Å²) in [5, 5.41) is 0. The Morgan fingerprint density at radius 3 is 1.65 bits per heavy atom. The third kappa shape index (κ3) is 6.98. The highest BCUT2D eigenvalue weighted by Crippen LogP contribution is 2.34. The van der Waals surface area contributed by atoms with Gasteiger partial charge in [-0.3, -0.25) is 4.55 Å². The molecule has 1 N–H and O–H groups in total. The van der Waals surface area contributed by atoms with Gasteiger partial charge in [0, 0.05) is 23.6 Å². The Morgan fingerprint density at radius 1 is 0.730 bits per heavy atom. The van der Waals surface area contributed by atoms with Crippen molar-refractivity contribution < 1.29 is 32.0 Å². The van der Waals surface area contributed by atoms with Crippen molar-refractivity contribution in [2.24, 2.45) is 0 Å². The lowest BCUT2D eigenvalue weighted by atomic mass is 9.86. The molecule has 1 aliphatic rings. The Labute approximate surface area is 281 Å². The largest absolute Gasteiger partial charge is 0.423 e. The predicted octanol–water partition coefficient (Wildman–Crippen LogP) is 6.56. The first-order chi connectivity index (χ1) is 17.3. The number of fused-ring (bicyclic) bond motifs is 1. The van der Waals surface area contributed by atoms with Gasteiger partial charge in [-0.25, -0.2) is 9.59 Å².